The van der Waals surface area contributed by atoms with Crippen LogP contribution in [0.1, 0.15) is 27.2 Å². The molecular formula is C9H17NO2. The molecule has 0 spiro atoms. The summed E-state index contributed by atoms with van der Waals surface area (Å²) in [6.45, 7) is 7.32. The maximum Gasteiger partial charge on any atom is 0.326 e. The number of carbonyl (C=O) groups is 1. The number of carbonyl (C=O) groups excluding carboxylic acids is 1. The lowest BCUT2D eigenvalue weighted by Gasteiger charge is -2.43. The van der Waals surface area contributed by atoms with Gasteiger partial charge in [-0.2, -0.15) is 0 Å². The van der Waals surface area contributed by atoms with Gasteiger partial charge in [0, 0.05) is 0 Å². The maximum absolute atomic E-state index is 11.5. The molecule has 1 atom stereocenters. The third kappa shape index (κ3) is 1.33. The Hall–Kier alpha value is -0.570. The molecular weight excluding hydrogens is 154 g/mol. The Morgan fingerprint density at radius 3 is 2.50 bits per heavy atom. The van der Waals surface area contributed by atoms with E-state index in [1.807, 2.05) is 20.8 Å². The zero-order valence-electron chi connectivity index (χ0n) is 8.02. The number of rotatable bonds is 3. The van der Waals surface area contributed by atoms with Gasteiger partial charge in [0.15, 0.2) is 0 Å². The normalized spacial score (nSPS) is 28.3. The average Bonchev–Trinajstić information content (AvgIpc) is 1.83. The van der Waals surface area contributed by atoms with Crippen LogP contribution < -0.4 is 5.32 Å². The van der Waals surface area contributed by atoms with Crippen molar-refractivity contribution in [3.8, 4) is 0 Å². The fourth-order valence-electron chi connectivity index (χ4n) is 1.56. The van der Waals surface area contributed by atoms with E-state index in [1.165, 1.54) is 0 Å². The van der Waals surface area contributed by atoms with Crippen LogP contribution in [-0.4, -0.2) is 24.7 Å². The van der Waals surface area contributed by atoms with Crippen LogP contribution in [0.2, 0.25) is 0 Å². The van der Waals surface area contributed by atoms with Crippen LogP contribution in [0.25, 0.3) is 0 Å². The highest BCUT2D eigenvalue weighted by Gasteiger charge is 2.47. The van der Waals surface area contributed by atoms with Crippen LogP contribution in [0.3, 0.4) is 0 Å². The van der Waals surface area contributed by atoms with Crippen LogP contribution in [0.5, 0.6) is 0 Å². The summed E-state index contributed by atoms with van der Waals surface area (Å²) < 4.78 is 5.01. The van der Waals surface area contributed by atoms with Crippen molar-refractivity contribution in [2.75, 3.05) is 13.2 Å². The van der Waals surface area contributed by atoms with Gasteiger partial charge in [-0.1, -0.05) is 13.8 Å². The molecule has 1 rings (SSSR count). The summed E-state index contributed by atoms with van der Waals surface area (Å²) in [6, 6.07) is 0. The van der Waals surface area contributed by atoms with Crippen LogP contribution in [0, 0.1) is 5.92 Å². The highest BCUT2D eigenvalue weighted by molar-refractivity contribution is 5.82. The maximum atomic E-state index is 11.5. The lowest BCUT2D eigenvalue weighted by molar-refractivity contribution is -0.157. The predicted octanol–water partition coefficient (Wildman–Crippen LogP) is 0.938. The lowest BCUT2D eigenvalue weighted by Crippen LogP contribution is -2.66. The first kappa shape index (κ1) is 9.52. The quantitative estimate of drug-likeness (QED) is 0.642. The Morgan fingerprint density at radius 1 is 1.67 bits per heavy atom. The highest BCUT2D eigenvalue weighted by atomic mass is 16.5. The first-order valence-electron chi connectivity index (χ1n) is 4.55. The van der Waals surface area contributed by atoms with Crippen LogP contribution in [-0.2, 0) is 9.53 Å². The number of nitrogens with one attached hydrogen (secondary N) is 1. The summed E-state index contributed by atoms with van der Waals surface area (Å²) >= 11 is 0. The van der Waals surface area contributed by atoms with E-state index in [-0.39, 0.29) is 11.5 Å². The van der Waals surface area contributed by atoms with E-state index in [2.05, 4.69) is 5.32 Å². The molecule has 1 unspecified atom stereocenters. The number of hydrogen-bond acceptors (Lipinski definition) is 3. The van der Waals surface area contributed by atoms with Crippen molar-refractivity contribution in [3.05, 3.63) is 0 Å². The molecule has 0 saturated carbocycles. The van der Waals surface area contributed by atoms with Crippen LogP contribution >= 0.6 is 0 Å². The number of ether oxygens (including phenoxy) is 1. The molecule has 1 aliphatic heterocycles. The van der Waals surface area contributed by atoms with E-state index in [4.69, 9.17) is 4.74 Å². The van der Waals surface area contributed by atoms with Crippen molar-refractivity contribution in [1.29, 1.82) is 0 Å². The molecule has 3 nitrogen and oxygen atoms in total. The summed E-state index contributed by atoms with van der Waals surface area (Å²) in [7, 11) is 0. The Morgan fingerprint density at radius 2 is 2.25 bits per heavy atom. The molecule has 1 heterocycles. The van der Waals surface area contributed by atoms with Gasteiger partial charge in [0.1, 0.15) is 5.54 Å². The lowest BCUT2D eigenvalue weighted by atomic mass is 9.78. The first-order chi connectivity index (χ1) is 5.63. The topological polar surface area (TPSA) is 38.3 Å². The molecule has 0 bridgehead atoms. The van der Waals surface area contributed by atoms with Crippen molar-refractivity contribution in [2.24, 2.45) is 5.92 Å². The van der Waals surface area contributed by atoms with Gasteiger partial charge < -0.3 is 10.1 Å². The van der Waals surface area contributed by atoms with E-state index in [0.29, 0.717) is 12.5 Å². The zero-order chi connectivity index (χ0) is 9.19. The zero-order valence-corrected chi connectivity index (χ0v) is 8.02. The number of esters is 1. The molecule has 12 heavy (non-hydrogen) atoms. The Bertz CT molecular complexity index is 173. The van der Waals surface area contributed by atoms with Gasteiger partial charge in [-0.05, 0) is 25.8 Å². The molecule has 70 valence electrons. The van der Waals surface area contributed by atoms with Gasteiger partial charge in [0.25, 0.3) is 0 Å². The molecule has 0 radical (unpaired) electrons. The predicted molar refractivity (Wildman–Crippen MR) is 46.8 cm³/mol. The average molecular weight is 171 g/mol. The van der Waals surface area contributed by atoms with Crippen molar-refractivity contribution >= 4 is 5.97 Å². The summed E-state index contributed by atoms with van der Waals surface area (Å²) in [5.41, 5.74) is -0.379. The molecule has 0 aliphatic carbocycles. The molecule has 0 amide bonds. The minimum absolute atomic E-state index is 0.0914. The van der Waals surface area contributed by atoms with Gasteiger partial charge in [0.2, 0.25) is 0 Å². The van der Waals surface area contributed by atoms with Gasteiger partial charge in [0.05, 0.1) is 6.61 Å². The molecule has 0 aromatic rings. The first-order valence-corrected chi connectivity index (χ1v) is 4.55. The summed E-state index contributed by atoms with van der Waals surface area (Å²) in [4.78, 5) is 11.5. The Kier molecular flexibility index (Phi) is 2.73. The summed E-state index contributed by atoms with van der Waals surface area (Å²) in [6.07, 6.45) is 0.906. The summed E-state index contributed by atoms with van der Waals surface area (Å²) in [5, 5.41) is 3.17. The van der Waals surface area contributed by atoms with E-state index < -0.39 is 0 Å². The van der Waals surface area contributed by atoms with Crippen molar-refractivity contribution in [3.63, 3.8) is 0 Å². The molecule has 3 heteroatoms. The Labute approximate surface area is 73.5 Å². The van der Waals surface area contributed by atoms with Crippen molar-refractivity contribution in [2.45, 2.75) is 32.7 Å². The SMILES string of the molecule is CCOC(=O)C1(C(C)C)CCN1. The fourth-order valence-corrected chi connectivity index (χ4v) is 1.56. The third-order valence-electron chi connectivity index (χ3n) is 2.59. The van der Waals surface area contributed by atoms with E-state index in [9.17, 15) is 4.79 Å². The minimum atomic E-state index is -0.379. The van der Waals surface area contributed by atoms with Crippen LogP contribution in [0.15, 0.2) is 0 Å². The van der Waals surface area contributed by atoms with E-state index >= 15 is 0 Å². The molecule has 1 fully saturated rings. The second kappa shape index (κ2) is 3.44. The molecule has 1 N–H and O–H groups in total. The largest absolute Gasteiger partial charge is 0.465 e. The molecule has 0 aromatic carbocycles. The Balaban J connectivity index is 2.60. The highest BCUT2D eigenvalue weighted by Crippen LogP contribution is 2.28. The fraction of sp³-hybridized carbons (Fsp3) is 0.889. The van der Waals surface area contributed by atoms with Crippen molar-refractivity contribution < 1.29 is 9.53 Å². The second-order valence-corrected chi connectivity index (χ2v) is 3.52. The van der Waals surface area contributed by atoms with Gasteiger partial charge in [-0.25, -0.2) is 0 Å². The number of hydrogen-bond donors (Lipinski definition) is 1. The monoisotopic (exact) mass is 171 g/mol. The van der Waals surface area contributed by atoms with Crippen molar-refractivity contribution in [1.82, 2.24) is 5.32 Å². The summed E-state index contributed by atoms with van der Waals surface area (Å²) in [5.74, 6) is 0.219. The van der Waals surface area contributed by atoms with E-state index in [0.717, 1.165) is 13.0 Å². The van der Waals surface area contributed by atoms with E-state index in [1.54, 1.807) is 0 Å². The second-order valence-electron chi connectivity index (χ2n) is 3.52. The van der Waals surface area contributed by atoms with Gasteiger partial charge >= 0.3 is 5.97 Å². The minimum Gasteiger partial charge on any atom is -0.465 e. The molecule has 1 saturated heterocycles. The van der Waals surface area contributed by atoms with Gasteiger partial charge in [-0.3, -0.25) is 4.79 Å². The van der Waals surface area contributed by atoms with Crippen LogP contribution in [0.4, 0.5) is 0 Å². The third-order valence-corrected chi connectivity index (χ3v) is 2.59. The standard InChI is InChI=1S/C9H17NO2/c1-4-12-8(11)9(7(2)3)5-6-10-9/h7,10H,4-6H2,1-3H3. The molecule has 1 aliphatic rings. The smallest absolute Gasteiger partial charge is 0.326 e. The molecule has 0 aromatic heterocycles. The van der Waals surface area contributed by atoms with Gasteiger partial charge in [-0.15, -0.1) is 0 Å².